The number of amides is 1. The minimum Gasteiger partial charge on any atom is -0.381 e. The standard InChI is InChI=1S/C8H16N2O2/c1-8(10-2,7(9)11)6-3-4-12-5-6/h6,10H,3-5H2,1-2H3,(H2,9,11). The summed E-state index contributed by atoms with van der Waals surface area (Å²) in [5, 5.41) is 2.97. The van der Waals surface area contributed by atoms with Crippen LogP contribution < -0.4 is 11.1 Å². The third-order valence-electron chi connectivity index (χ3n) is 2.78. The smallest absolute Gasteiger partial charge is 0.237 e. The Balaban J connectivity index is 2.70. The molecule has 0 aliphatic carbocycles. The van der Waals surface area contributed by atoms with Gasteiger partial charge in [-0.15, -0.1) is 0 Å². The van der Waals surface area contributed by atoms with E-state index in [2.05, 4.69) is 5.32 Å². The molecule has 3 N–H and O–H groups in total. The van der Waals surface area contributed by atoms with Gasteiger partial charge in [0, 0.05) is 12.5 Å². The second-order valence-electron chi connectivity index (χ2n) is 3.38. The molecule has 0 aromatic heterocycles. The molecule has 1 rings (SSSR count). The van der Waals surface area contributed by atoms with Crippen LogP contribution in [0.3, 0.4) is 0 Å². The molecule has 0 radical (unpaired) electrons. The van der Waals surface area contributed by atoms with Crippen LogP contribution in [0.2, 0.25) is 0 Å². The Morgan fingerprint density at radius 3 is 2.75 bits per heavy atom. The summed E-state index contributed by atoms with van der Waals surface area (Å²) < 4.78 is 5.21. The van der Waals surface area contributed by atoms with Crippen LogP contribution in [0.25, 0.3) is 0 Å². The van der Waals surface area contributed by atoms with Crippen molar-refractivity contribution in [2.45, 2.75) is 18.9 Å². The number of hydrogen-bond acceptors (Lipinski definition) is 3. The maximum absolute atomic E-state index is 11.1. The number of likely N-dealkylation sites (N-methyl/N-ethyl adjacent to an activating group) is 1. The van der Waals surface area contributed by atoms with Gasteiger partial charge >= 0.3 is 0 Å². The zero-order valence-electron chi connectivity index (χ0n) is 7.59. The summed E-state index contributed by atoms with van der Waals surface area (Å²) in [6.07, 6.45) is 0.903. The van der Waals surface area contributed by atoms with E-state index in [0.717, 1.165) is 13.0 Å². The first-order chi connectivity index (χ1) is 5.61. The fourth-order valence-electron chi connectivity index (χ4n) is 1.52. The van der Waals surface area contributed by atoms with E-state index in [0.29, 0.717) is 6.61 Å². The number of nitrogens with two attached hydrogens (primary N) is 1. The van der Waals surface area contributed by atoms with E-state index < -0.39 is 5.54 Å². The Bertz CT molecular complexity index is 178. The molecule has 1 heterocycles. The van der Waals surface area contributed by atoms with Crippen molar-refractivity contribution in [3.8, 4) is 0 Å². The number of carbonyl (C=O) groups is 1. The number of nitrogens with one attached hydrogen (secondary N) is 1. The molecule has 0 saturated carbocycles. The summed E-state index contributed by atoms with van der Waals surface area (Å²) in [5.74, 6) is -0.0968. The monoisotopic (exact) mass is 172 g/mol. The molecule has 1 aliphatic heterocycles. The average Bonchev–Trinajstić information content (AvgIpc) is 2.54. The van der Waals surface area contributed by atoms with Crippen molar-refractivity contribution in [3.63, 3.8) is 0 Å². The molecule has 1 fully saturated rings. The first kappa shape index (κ1) is 9.48. The van der Waals surface area contributed by atoms with Crippen LogP contribution >= 0.6 is 0 Å². The number of ether oxygens (including phenoxy) is 1. The van der Waals surface area contributed by atoms with Gasteiger partial charge in [-0.3, -0.25) is 4.79 Å². The molecule has 70 valence electrons. The lowest BCUT2D eigenvalue weighted by atomic mass is 9.84. The second-order valence-corrected chi connectivity index (χ2v) is 3.38. The summed E-state index contributed by atoms with van der Waals surface area (Å²) in [6, 6.07) is 0. The molecule has 2 atom stereocenters. The molecule has 12 heavy (non-hydrogen) atoms. The van der Waals surface area contributed by atoms with Gasteiger partial charge in [-0.1, -0.05) is 0 Å². The number of carbonyl (C=O) groups excluding carboxylic acids is 1. The third-order valence-corrected chi connectivity index (χ3v) is 2.78. The molecule has 1 aliphatic rings. The fraction of sp³-hybridized carbons (Fsp3) is 0.875. The van der Waals surface area contributed by atoms with Crippen LogP contribution in [0.1, 0.15) is 13.3 Å². The lowest BCUT2D eigenvalue weighted by Crippen LogP contribution is -2.57. The minimum atomic E-state index is -0.615. The van der Waals surface area contributed by atoms with Crippen LogP contribution in [0, 0.1) is 5.92 Å². The van der Waals surface area contributed by atoms with Gasteiger partial charge in [-0.05, 0) is 20.4 Å². The van der Waals surface area contributed by atoms with E-state index in [1.807, 2.05) is 6.92 Å². The summed E-state index contributed by atoms with van der Waals surface area (Å²) in [6.45, 7) is 3.18. The summed E-state index contributed by atoms with van der Waals surface area (Å²) in [5.41, 5.74) is 4.69. The van der Waals surface area contributed by atoms with E-state index in [4.69, 9.17) is 10.5 Å². The van der Waals surface area contributed by atoms with Crippen LogP contribution in [0.15, 0.2) is 0 Å². The van der Waals surface area contributed by atoms with Crippen molar-refractivity contribution in [2.24, 2.45) is 11.7 Å². The van der Waals surface area contributed by atoms with Crippen molar-refractivity contribution in [1.82, 2.24) is 5.32 Å². The average molecular weight is 172 g/mol. The maximum atomic E-state index is 11.1. The zero-order chi connectivity index (χ0) is 9.19. The fourth-order valence-corrected chi connectivity index (χ4v) is 1.52. The van der Waals surface area contributed by atoms with E-state index in [1.165, 1.54) is 0 Å². The normalized spacial score (nSPS) is 28.3. The van der Waals surface area contributed by atoms with Crippen molar-refractivity contribution < 1.29 is 9.53 Å². The predicted molar refractivity (Wildman–Crippen MR) is 45.6 cm³/mol. The van der Waals surface area contributed by atoms with Gasteiger partial charge in [0.2, 0.25) is 5.91 Å². The lowest BCUT2D eigenvalue weighted by molar-refractivity contribution is -0.125. The van der Waals surface area contributed by atoms with E-state index >= 15 is 0 Å². The Labute approximate surface area is 72.5 Å². The van der Waals surface area contributed by atoms with Crippen molar-refractivity contribution in [3.05, 3.63) is 0 Å². The topological polar surface area (TPSA) is 64.3 Å². The van der Waals surface area contributed by atoms with Gasteiger partial charge in [0.15, 0.2) is 0 Å². The zero-order valence-corrected chi connectivity index (χ0v) is 7.59. The molecule has 4 nitrogen and oxygen atoms in total. The highest BCUT2D eigenvalue weighted by Gasteiger charge is 2.40. The second kappa shape index (κ2) is 3.41. The van der Waals surface area contributed by atoms with E-state index in [-0.39, 0.29) is 11.8 Å². The molecule has 0 aromatic rings. The van der Waals surface area contributed by atoms with Crippen LogP contribution in [-0.2, 0) is 9.53 Å². The largest absolute Gasteiger partial charge is 0.381 e. The van der Waals surface area contributed by atoms with Gasteiger partial charge in [-0.25, -0.2) is 0 Å². The Hall–Kier alpha value is -0.610. The molecule has 2 unspecified atom stereocenters. The number of primary amides is 1. The SMILES string of the molecule is CNC(C)(C(N)=O)C1CCOC1. The summed E-state index contributed by atoms with van der Waals surface area (Å²) in [7, 11) is 1.75. The van der Waals surface area contributed by atoms with Crippen LogP contribution in [0.4, 0.5) is 0 Å². The molecule has 1 amide bonds. The molecule has 0 spiro atoms. The summed E-state index contributed by atoms with van der Waals surface area (Å²) in [4.78, 5) is 11.1. The van der Waals surface area contributed by atoms with Crippen LogP contribution in [-0.4, -0.2) is 31.7 Å². The van der Waals surface area contributed by atoms with Crippen molar-refractivity contribution >= 4 is 5.91 Å². The molecule has 4 heteroatoms. The van der Waals surface area contributed by atoms with Gasteiger partial charge < -0.3 is 15.8 Å². The highest BCUT2D eigenvalue weighted by molar-refractivity contribution is 5.84. The summed E-state index contributed by atoms with van der Waals surface area (Å²) >= 11 is 0. The van der Waals surface area contributed by atoms with E-state index in [1.54, 1.807) is 7.05 Å². The highest BCUT2D eigenvalue weighted by atomic mass is 16.5. The molecule has 0 aromatic carbocycles. The lowest BCUT2D eigenvalue weighted by Gasteiger charge is -2.30. The highest BCUT2D eigenvalue weighted by Crippen LogP contribution is 2.25. The van der Waals surface area contributed by atoms with Crippen LogP contribution in [0.5, 0.6) is 0 Å². The van der Waals surface area contributed by atoms with Gasteiger partial charge in [0.25, 0.3) is 0 Å². The van der Waals surface area contributed by atoms with Gasteiger partial charge in [0.05, 0.1) is 12.1 Å². The number of rotatable bonds is 3. The quantitative estimate of drug-likeness (QED) is 0.602. The van der Waals surface area contributed by atoms with Crippen molar-refractivity contribution in [2.75, 3.05) is 20.3 Å². The van der Waals surface area contributed by atoms with Gasteiger partial charge in [0.1, 0.15) is 0 Å². The number of hydrogen-bond donors (Lipinski definition) is 2. The minimum absolute atomic E-state index is 0.208. The van der Waals surface area contributed by atoms with Gasteiger partial charge in [-0.2, -0.15) is 0 Å². The molecular weight excluding hydrogens is 156 g/mol. The predicted octanol–water partition coefficient (Wildman–Crippen LogP) is -0.514. The first-order valence-electron chi connectivity index (χ1n) is 4.18. The first-order valence-corrected chi connectivity index (χ1v) is 4.18. The Morgan fingerprint density at radius 2 is 2.42 bits per heavy atom. The van der Waals surface area contributed by atoms with Crippen molar-refractivity contribution in [1.29, 1.82) is 0 Å². The Morgan fingerprint density at radius 1 is 1.75 bits per heavy atom. The maximum Gasteiger partial charge on any atom is 0.237 e. The molecular formula is C8H16N2O2. The molecule has 0 bridgehead atoms. The Kier molecular flexibility index (Phi) is 2.69. The third kappa shape index (κ3) is 1.44. The molecule has 1 saturated heterocycles. The van der Waals surface area contributed by atoms with E-state index in [9.17, 15) is 4.79 Å².